The largest absolute Gasteiger partial charge is 0.496 e. The van der Waals surface area contributed by atoms with Crippen LogP contribution in [-0.2, 0) is 0 Å². The Morgan fingerprint density at radius 2 is 1.72 bits per heavy atom. The minimum Gasteiger partial charge on any atom is -0.496 e. The van der Waals surface area contributed by atoms with Crippen molar-refractivity contribution in [3.8, 4) is 5.75 Å². The summed E-state index contributed by atoms with van der Waals surface area (Å²) in [6, 6.07) is 7.14. The molecule has 0 aromatic heterocycles. The van der Waals surface area contributed by atoms with E-state index in [9.17, 15) is 23.5 Å². The van der Waals surface area contributed by atoms with Gasteiger partial charge in [0.2, 0.25) is 0 Å². The van der Waals surface area contributed by atoms with Crippen LogP contribution in [0.15, 0.2) is 36.4 Å². The van der Waals surface area contributed by atoms with Crippen LogP contribution in [-0.4, -0.2) is 35.5 Å². The fourth-order valence-electron chi connectivity index (χ4n) is 6.30. The molecule has 168 valence electrons. The fourth-order valence-corrected chi connectivity index (χ4v) is 6.30. The van der Waals surface area contributed by atoms with Gasteiger partial charge in [-0.05, 0) is 80.2 Å². The normalized spacial score (nSPS) is 30.2. The molecule has 2 aromatic rings. The molecule has 4 fully saturated rings. The number of ether oxygens (including phenoxy) is 1. The van der Waals surface area contributed by atoms with E-state index in [0.717, 1.165) is 44.2 Å². The molecule has 1 amide bonds. The van der Waals surface area contributed by atoms with Gasteiger partial charge < -0.3 is 15.2 Å². The van der Waals surface area contributed by atoms with Crippen molar-refractivity contribution >= 4 is 11.7 Å². The second-order valence-electron chi connectivity index (χ2n) is 9.56. The number of aliphatic hydroxyl groups is 1. The second kappa shape index (κ2) is 7.66. The van der Waals surface area contributed by atoms with Gasteiger partial charge in [0.05, 0.1) is 23.8 Å². The molecule has 4 aliphatic carbocycles. The van der Waals surface area contributed by atoms with Gasteiger partial charge in [0, 0.05) is 17.7 Å². The van der Waals surface area contributed by atoms with Crippen molar-refractivity contribution in [3.63, 3.8) is 0 Å². The molecule has 5 nitrogen and oxygen atoms in total. The van der Waals surface area contributed by atoms with Crippen LogP contribution < -0.4 is 10.1 Å². The number of benzene rings is 2. The number of rotatable bonds is 5. The first-order valence-corrected chi connectivity index (χ1v) is 11.0. The van der Waals surface area contributed by atoms with Crippen molar-refractivity contribution in [2.24, 2.45) is 17.8 Å². The quantitative estimate of drug-likeness (QED) is 0.691. The van der Waals surface area contributed by atoms with Crippen LogP contribution in [0.3, 0.4) is 0 Å². The maximum atomic E-state index is 14.0. The molecule has 4 saturated carbocycles. The zero-order valence-corrected chi connectivity index (χ0v) is 17.7. The van der Waals surface area contributed by atoms with Crippen molar-refractivity contribution in [1.29, 1.82) is 0 Å². The first-order chi connectivity index (χ1) is 15.3. The summed E-state index contributed by atoms with van der Waals surface area (Å²) in [5, 5.41) is 13.9. The second-order valence-corrected chi connectivity index (χ2v) is 9.56. The third-order valence-electron chi connectivity index (χ3n) is 7.42. The average Bonchev–Trinajstić information content (AvgIpc) is 2.74. The van der Waals surface area contributed by atoms with E-state index in [1.54, 1.807) is 0 Å². The molecule has 4 aliphatic rings. The number of ketones is 1. The number of amides is 1. The molecule has 4 bridgehead atoms. The van der Waals surface area contributed by atoms with E-state index in [-0.39, 0.29) is 46.2 Å². The number of carbonyl (C=O) groups excluding carboxylic acids is 2. The highest BCUT2D eigenvalue weighted by molar-refractivity contribution is 6.10. The Morgan fingerprint density at radius 1 is 1.03 bits per heavy atom. The molecule has 0 spiro atoms. The van der Waals surface area contributed by atoms with Crippen LogP contribution in [0.25, 0.3) is 0 Å². The van der Waals surface area contributed by atoms with Crippen LogP contribution in [0.5, 0.6) is 5.75 Å². The zero-order valence-electron chi connectivity index (χ0n) is 17.7. The average molecular weight is 441 g/mol. The smallest absolute Gasteiger partial charge is 0.255 e. The van der Waals surface area contributed by atoms with Crippen LogP contribution >= 0.6 is 0 Å². The number of methoxy groups -OCH3 is 1. The number of hydrogen-bond acceptors (Lipinski definition) is 4. The van der Waals surface area contributed by atoms with Gasteiger partial charge in [-0.3, -0.25) is 9.59 Å². The Hall–Kier alpha value is -2.80. The summed E-state index contributed by atoms with van der Waals surface area (Å²) in [6.07, 6.45) is 4.37. The molecule has 0 radical (unpaired) electrons. The Balaban J connectivity index is 1.36. The predicted molar refractivity (Wildman–Crippen MR) is 113 cm³/mol. The summed E-state index contributed by atoms with van der Waals surface area (Å²) in [4.78, 5) is 25.8. The van der Waals surface area contributed by atoms with Crippen LogP contribution in [0.2, 0.25) is 0 Å². The summed E-state index contributed by atoms with van der Waals surface area (Å²) in [5.74, 6) is -1.34. The molecule has 2 N–H and O–H groups in total. The van der Waals surface area contributed by atoms with Crippen molar-refractivity contribution < 1.29 is 28.2 Å². The predicted octanol–water partition coefficient (Wildman–Crippen LogP) is 3.87. The van der Waals surface area contributed by atoms with E-state index in [4.69, 9.17) is 4.74 Å². The highest BCUT2D eigenvalue weighted by Crippen LogP contribution is 2.55. The molecule has 2 atom stereocenters. The summed E-state index contributed by atoms with van der Waals surface area (Å²) in [6.45, 7) is 0. The summed E-state index contributed by atoms with van der Waals surface area (Å²) in [5.41, 5.74) is -0.401. The highest BCUT2D eigenvalue weighted by Gasteiger charge is 2.55. The number of hydrogen-bond donors (Lipinski definition) is 2. The first kappa shape index (κ1) is 21.1. The van der Waals surface area contributed by atoms with Crippen LogP contribution in [0, 0.1) is 29.4 Å². The summed E-state index contributed by atoms with van der Waals surface area (Å²) < 4.78 is 32.6. The van der Waals surface area contributed by atoms with E-state index in [0.29, 0.717) is 12.0 Å². The topological polar surface area (TPSA) is 75.6 Å². The van der Waals surface area contributed by atoms with Gasteiger partial charge in [0.25, 0.3) is 5.91 Å². The lowest BCUT2D eigenvalue weighted by Crippen LogP contribution is -2.61. The first-order valence-electron chi connectivity index (χ1n) is 11.0. The minimum atomic E-state index is -0.945. The molecule has 2 aromatic carbocycles. The maximum absolute atomic E-state index is 14.0. The molecule has 6 rings (SSSR count). The Kier molecular flexibility index (Phi) is 5.04. The van der Waals surface area contributed by atoms with Gasteiger partial charge in [-0.15, -0.1) is 0 Å². The van der Waals surface area contributed by atoms with Gasteiger partial charge in [-0.1, -0.05) is 0 Å². The lowest BCUT2D eigenvalue weighted by Gasteiger charge is -2.58. The minimum absolute atomic E-state index is 0.0126. The molecule has 0 saturated heterocycles. The van der Waals surface area contributed by atoms with Gasteiger partial charge >= 0.3 is 0 Å². The van der Waals surface area contributed by atoms with Crippen LogP contribution in [0.4, 0.5) is 8.78 Å². The van der Waals surface area contributed by atoms with Crippen molar-refractivity contribution in [2.75, 3.05) is 7.11 Å². The number of halogens is 2. The zero-order chi connectivity index (χ0) is 22.6. The van der Waals surface area contributed by atoms with Crippen LogP contribution in [0.1, 0.15) is 58.4 Å². The lowest BCUT2D eigenvalue weighted by atomic mass is 9.52. The summed E-state index contributed by atoms with van der Waals surface area (Å²) in [7, 11) is 1.40. The van der Waals surface area contributed by atoms with Gasteiger partial charge in [-0.2, -0.15) is 0 Å². The molecule has 2 unspecified atom stereocenters. The Bertz CT molecular complexity index is 1090. The standard InChI is InChI=1S/C25H25F2NO4/c1-32-21-8-14(23(29)18-5-3-17(26)9-20(18)27)2-4-19(21)24(30)28-22-15-6-13-7-16(22)12-25(31,10-13)11-15/h2-5,8-9,13,15-16,22,31H,6-7,10-12H2,1H3,(H,28,30). The molecule has 32 heavy (non-hydrogen) atoms. The SMILES string of the molecule is COc1cc(C(=O)c2ccc(F)cc2F)ccc1C(=O)NC1C2CC3CC1CC(O)(C3)C2. The maximum Gasteiger partial charge on any atom is 0.255 e. The summed E-state index contributed by atoms with van der Waals surface area (Å²) >= 11 is 0. The molecule has 0 aliphatic heterocycles. The van der Waals surface area contributed by atoms with E-state index >= 15 is 0 Å². The Labute approximate surface area is 184 Å². The molecule has 7 heteroatoms. The number of nitrogens with one attached hydrogen (secondary N) is 1. The van der Waals surface area contributed by atoms with Crippen molar-refractivity contribution in [3.05, 3.63) is 64.7 Å². The third kappa shape index (κ3) is 3.58. The van der Waals surface area contributed by atoms with E-state index in [1.807, 2.05) is 0 Å². The Morgan fingerprint density at radius 3 is 2.34 bits per heavy atom. The van der Waals surface area contributed by atoms with Crippen molar-refractivity contribution in [1.82, 2.24) is 5.32 Å². The third-order valence-corrected chi connectivity index (χ3v) is 7.42. The van der Waals surface area contributed by atoms with E-state index in [1.165, 1.54) is 25.3 Å². The molecular weight excluding hydrogens is 416 g/mol. The van der Waals surface area contributed by atoms with Gasteiger partial charge in [0.1, 0.15) is 17.4 Å². The fraction of sp³-hybridized carbons (Fsp3) is 0.440. The van der Waals surface area contributed by atoms with Gasteiger partial charge in [0.15, 0.2) is 5.78 Å². The molecule has 0 heterocycles. The highest BCUT2D eigenvalue weighted by atomic mass is 19.1. The monoisotopic (exact) mass is 441 g/mol. The van der Waals surface area contributed by atoms with Gasteiger partial charge in [-0.25, -0.2) is 8.78 Å². The van der Waals surface area contributed by atoms with Crippen molar-refractivity contribution in [2.45, 2.75) is 43.7 Å². The van der Waals surface area contributed by atoms with E-state index < -0.39 is 23.0 Å². The molecular formula is C25H25F2NO4. The van der Waals surface area contributed by atoms with E-state index in [2.05, 4.69) is 5.32 Å². The number of carbonyl (C=O) groups is 2. The lowest BCUT2D eigenvalue weighted by molar-refractivity contribution is -0.136.